The highest BCUT2D eigenvalue weighted by atomic mass is 32.2. The van der Waals surface area contributed by atoms with Gasteiger partial charge in [-0.15, -0.1) is 0 Å². The van der Waals surface area contributed by atoms with Crippen molar-refractivity contribution in [1.29, 1.82) is 0 Å². The van der Waals surface area contributed by atoms with Crippen molar-refractivity contribution >= 4 is 10.0 Å². The van der Waals surface area contributed by atoms with E-state index >= 15 is 0 Å². The molecule has 0 aliphatic rings. The van der Waals surface area contributed by atoms with Gasteiger partial charge in [0.05, 0.1) is 17.6 Å². The molecule has 0 N–H and O–H groups in total. The molecule has 2 aromatic rings. The van der Waals surface area contributed by atoms with Gasteiger partial charge in [-0.25, -0.2) is 8.42 Å². The van der Waals surface area contributed by atoms with Gasteiger partial charge in [0.1, 0.15) is 4.90 Å². The lowest BCUT2D eigenvalue weighted by Crippen LogP contribution is -2.27. The largest absolute Gasteiger partial charge is 0.275 e. The van der Waals surface area contributed by atoms with Crippen LogP contribution in [0.2, 0.25) is 0 Å². The molecule has 0 atom stereocenters. The van der Waals surface area contributed by atoms with Gasteiger partial charge in [0.15, 0.2) is 0 Å². The topological polar surface area (TPSA) is 73.0 Å². The summed E-state index contributed by atoms with van der Waals surface area (Å²) in [5.41, 5.74) is 2.34. The molecule has 0 bridgehead atoms. The molecule has 0 spiro atoms. The van der Waals surface area contributed by atoms with Crippen LogP contribution in [0.4, 0.5) is 0 Å². The highest BCUT2D eigenvalue weighted by Crippen LogP contribution is 2.20. The zero-order valence-corrected chi connectivity index (χ0v) is 13.1. The summed E-state index contributed by atoms with van der Waals surface area (Å²) < 4.78 is 29.6. The third kappa shape index (κ3) is 2.48. The van der Waals surface area contributed by atoms with E-state index in [2.05, 4.69) is 10.2 Å². The Labute approximate surface area is 118 Å². The molecule has 20 heavy (non-hydrogen) atoms. The Morgan fingerprint density at radius 2 is 1.95 bits per heavy atom. The maximum atomic E-state index is 12.5. The Hall–Kier alpha value is -1.67. The first-order valence-electron chi connectivity index (χ1n) is 6.17. The van der Waals surface area contributed by atoms with Crippen molar-refractivity contribution in [2.24, 2.45) is 14.1 Å². The van der Waals surface area contributed by atoms with Crippen LogP contribution >= 0.6 is 0 Å². The first-order chi connectivity index (χ1) is 9.23. The Bertz CT molecular complexity index is 729. The SMILES string of the molecule is Cc1nn(C)cc1CN(C)S(=O)(=O)c1cnn(C)c1C. The van der Waals surface area contributed by atoms with Crippen LogP contribution in [0.1, 0.15) is 17.0 Å². The van der Waals surface area contributed by atoms with Gasteiger partial charge in [-0.1, -0.05) is 0 Å². The third-order valence-corrected chi connectivity index (χ3v) is 5.29. The van der Waals surface area contributed by atoms with Crippen LogP contribution in [0.15, 0.2) is 17.3 Å². The second kappa shape index (κ2) is 5.02. The molecule has 0 aliphatic carbocycles. The van der Waals surface area contributed by atoms with E-state index in [0.717, 1.165) is 11.3 Å². The number of hydrogen-bond donors (Lipinski definition) is 0. The van der Waals surface area contributed by atoms with Crippen molar-refractivity contribution < 1.29 is 8.42 Å². The Balaban J connectivity index is 2.30. The summed E-state index contributed by atoms with van der Waals surface area (Å²) >= 11 is 0. The smallest absolute Gasteiger partial charge is 0.246 e. The summed E-state index contributed by atoms with van der Waals surface area (Å²) in [6.45, 7) is 3.89. The molecule has 0 amide bonds. The second-order valence-corrected chi connectivity index (χ2v) is 6.91. The normalized spacial score (nSPS) is 12.3. The summed E-state index contributed by atoms with van der Waals surface area (Å²) in [6.07, 6.45) is 3.22. The Morgan fingerprint density at radius 1 is 1.30 bits per heavy atom. The number of nitrogens with zero attached hydrogens (tertiary/aromatic N) is 5. The van der Waals surface area contributed by atoms with Crippen molar-refractivity contribution in [3.05, 3.63) is 29.3 Å². The molecule has 0 radical (unpaired) electrons. The average molecular weight is 297 g/mol. The number of rotatable bonds is 4. The van der Waals surface area contributed by atoms with Gasteiger partial charge in [-0.3, -0.25) is 9.36 Å². The van der Waals surface area contributed by atoms with Crippen molar-refractivity contribution in [1.82, 2.24) is 23.9 Å². The maximum absolute atomic E-state index is 12.5. The number of sulfonamides is 1. The molecule has 2 aromatic heterocycles. The Kier molecular flexibility index (Phi) is 3.70. The van der Waals surface area contributed by atoms with Crippen molar-refractivity contribution in [3.63, 3.8) is 0 Å². The van der Waals surface area contributed by atoms with E-state index in [1.54, 1.807) is 30.4 Å². The first-order valence-corrected chi connectivity index (χ1v) is 7.61. The fraction of sp³-hybridized carbons (Fsp3) is 0.500. The molecule has 0 unspecified atom stereocenters. The minimum absolute atomic E-state index is 0.240. The van der Waals surface area contributed by atoms with Crippen molar-refractivity contribution in [2.45, 2.75) is 25.3 Å². The molecule has 7 nitrogen and oxygen atoms in total. The van der Waals surface area contributed by atoms with E-state index in [9.17, 15) is 8.42 Å². The van der Waals surface area contributed by atoms with Crippen LogP contribution in [-0.2, 0) is 30.7 Å². The van der Waals surface area contributed by atoms with E-state index in [1.807, 2.05) is 20.2 Å². The molecule has 0 saturated carbocycles. The van der Waals surface area contributed by atoms with Gasteiger partial charge < -0.3 is 0 Å². The standard InChI is InChI=1S/C12H19N5O2S/c1-9-11(7-15(3)14-9)8-16(4)20(18,19)12-6-13-17(5)10(12)2/h6-7H,8H2,1-5H3. The van der Waals surface area contributed by atoms with Crippen LogP contribution in [0.3, 0.4) is 0 Å². The van der Waals surface area contributed by atoms with Gasteiger partial charge in [0.25, 0.3) is 0 Å². The summed E-state index contributed by atoms with van der Waals surface area (Å²) in [4.78, 5) is 0.240. The van der Waals surface area contributed by atoms with E-state index < -0.39 is 10.0 Å². The lowest BCUT2D eigenvalue weighted by atomic mass is 10.3. The molecule has 0 aliphatic heterocycles. The minimum Gasteiger partial charge on any atom is -0.275 e. The zero-order chi connectivity index (χ0) is 15.1. The lowest BCUT2D eigenvalue weighted by molar-refractivity contribution is 0.465. The van der Waals surface area contributed by atoms with Crippen LogP contribution in [0, 0.1) is 13.8 Å². The van der Waals surface area contributed by atoms with Gasteiger partial charge >= 0.3 is 0 Å². The second-order valence-electron chi connectivity index (χ2n) is 4.89. The Morgan fingerprint density at radius 3 is 2.40 bits per heavy atom. The average Bonchev–Trinajstić information content (AvgIpc) is 2.84. The van der Waals surface area contributed by atoms with E-state index in [1.165, 1.54) is 10.5 Å². The monoisotopic (exact) mass is 297 g/mol. The fourth-order valence-corrected chi connectivity index (χ4v) is 3.36. The van der Waals surface area contributed by atoms with Crippen molar-refractivity contribution in [3.8, 4) is 0 Å². The molecule has 2 rings (SSSR count). The highest BCUT2D eigenvalue weighted by molar-refractivity contribution is 7.89. The molecule has 2 heterocycles. The fourth-order valence-electron chi connectivity index (χ4n) is 2.03. The molecule has 8 heteroatoms. The molecule has 110 valence electrons. The predicted molar refractivity (Wildman–Crippen MR) is 74.5 cm³/mol. The van der Waals surface area contributed by atoms with E-state index in [4.69, 9.17) is 0 Å². The van der Waals surface area contributed by atoms with Crippen LogP contribution in [-0.4, -0.2) is 39.3 Å². The molecule has 0 saturated heterocycles. The maximum Gasteiger partial charge on any atom is 0.246 e. The van der Waals surface area contributed by atoms with Crippen LogP contribution in [0.5, 0.6) is 0 Å². The third-order valence-electron chi connectivity index (χ3n) is 3.39. The molecule has 0 aromatic carbocycles. The van der Waals surface area contributed by atoms with Gasteiger partial charge in [-0.2, -0.15) is 14.5 Å². The van der Waals surface area contributed by atoms with Gasteiger partial charge in [0, 0.05) is 39.4 Å². The minimum atomic E-state index is -3.54. The lowest BCUT2D eigenvalue weighted by Gasteiger charge is -2.16. The van der Waals surface area contributed by atoms with Crippen LogP contribution in [0.25, 0.3) is 0 Å². The molecular weight excluding hydrogens is 278 g/mol. The van der Waals surface area contributed by atoms with Gasteiger partial charge in [0.2, 0.25) is 10.0 Å². The van der Waals surface area contributed by atoms with E-state index in [-0.39, 0.29) is 11.4 Å². The summed E-state index contributed by atoms with van der Waals surface area (Å²) in [5, 5.41) is 8.21. The number of hydrogen-bond acceptors (Lipinski definition) is 4. The number of aromatic nitrogens is 4. The molecule has 0 fully saturated rings. The zero-order valence-electron chi connectivity index (χ0n) is 12.3. The van der Waals surface area contributed by atoms with Gasteiger partial charge in [-0.05, 0) is 13.8 Å². The van der Waals surface area contributed by atoms with Crippen molar-refractivity contribution in [2.75, 3.05) is 7.05 Å². The predicted octanol–water partition coefficient (Wildman–Crippen LogP) is 0.591. The highest BCUT2D eigenvalue weighted by Gasteiger charge is 2.26. The quantitative estimate of drug-likeness (QED) is 0.828. The van der Waals surface area contributed by atoms with E-state index in [0.29, 0.717) is 5.69 Å². The number of aryl methyl sites for hydroxylation is 3. The molecular formula is C12H19N5O2S. The van der Waals surface area contributed by atoms with Crippen LogP contribution < -0.4 is 0 Å². The summed E-state index contributed by atoms with van der Waals surface area (Å²) in [5.74, 6) is 0. The summed E-state index contributed by atoms with van der Waals surface area (Å²) in [6, 6.07) is 0. The first kappa shape index (κ1) is 14.7. The summed E-state index contributed by atoms with van der Waals surface area (Å²) in [7, 11) is 1.56.